The minimum atomic E-state index is 0.0783. The molecule has 2 aliphatic rings. The van der Waals surface area contributed by atoms with E-state index in [4.69, 9.17) is 0 Å². The number of amides is 1. The van der Waals surface area contributed by atoms with Gasteiger partial charge in [-0.2, -0.15) is 0 Å². The van der Waals surface area contributed by atoms with Crippen molar-refractivity contribution in [2.75, 3.05) is 32.4 Å². The summed E-state index contributed by atoms with van der Waals surface area (Å²) < 4.78 is 0. The zero-order valence-electron chi connectivity index (χ0n) is 11.3. The van der Waals surface area contributed by atoms with Crippen LogP contribution in [0.25, 0.3) is 0 Å². The topological polar surface area (TPSA) is 32.3 Å². The summed E-state index contributed by atoms with van der Waals surface area (Å²) in [5.74, 6) is 1.94. The van der Waals surface area contributed by atoms with Gasteiger partial charge in [0.15, 0.2) is 0 Å². The van der Waals surface area contributed by atoms with Crippen LogP contribution in [0, 0.1) is 5.92 Å². The van der Waals surface area contributed by atoms with E-state index in [0.717, 1.165) is 31.8 Å². The Labute approximate surface area is 118 Å². The van der Waals surface area contributed by atoms with Gasteiger partial charge in [0.25, 0.3) is 0 Å². The largest absolute Gasteiger partial charge is 0.342 e. The number of rotatable bonds is 3. The van der Waals surface area contributed by atoms with E-state index in [1.165, 1.54) is 10.5 Å². The number of likely N-dealkylation sites (tertiary alicyclic amines) is 1. The van der Waals surface area contributed by atoms with Crippen LogP contribution in [0.2, 0.25) is 0 Å². The highest BCUT2D eigenvalue weighted by molar-refractivity contribution is 7.99. The lowest BCUT2D eigenvalue weighted by Gasteiger charge is -2.21. The molecule has 0 aromatic heterocycles. The molecule has 1 amide bonds. The first-order valence-corrected chi connectivity index (χ1v) is 7.93. The van der Waals surface area contributed by atoms with E-state index in [1.807, 2.05) is 24.9 Å². The average Bonchev–Trinajstić information content (AvgIpc) is 3.05. The predicted molar refractivity (Wildman–Crippen MR) is 78.5 cm³/mol. The molecule has 102 valence electrons. The van der Waals surface area contributed by atoms with E-state index in [2.05, 4.69) is 28.4 Å². The fourth-order valence-electron chi connectivity index (χ4n) is 3.08. The van der Waals surface area contributed by atoms with Crippen molar-refractivity contribution in [2.24, 2.45) is 5.92 Å². The van der Waals surface area contributed by atoms with E-state index in [0.29, 0.717) is 11.8 Å². The van der Waals surface area contributed by atoms with E-state index in [1.54, 1.807) is 0 Å². The quantitative estimate of drug-likeness (QED) is 0.916. The Hall–Kier alpha value is -1.00. The van der Waals surface area contributed by atoms with Gasteiger partial charge >= 0.3 is 0 Å². The molecule has 0 radical (unpaired) electrons. The summed E-state index contributed by atoms with van der Waals surface area (Å²) in [4.78, 5) is 16.0. The van der Waals surface area contributed by atoms with Crippen molar-refractivity contribution in [3.63, 3.8) is 0 Å². The second-order valence-corrected chi connectivity index (χ2v) is 6.46. The molecular formula is C15H20N2OS. The Kier molecular flexibility index (Phi) is 3.80. The van der Waals surface area contributed by atoms with Gasteiger partial charge in [-0.1, -0.05) is 18.2 Å². The lowest BCUT2D eigenvalue weighted by atomic mass is 10.00. The van der Waals surface area contributed by atoms with Crippen LogP contribution in [0.1, 0.15) is 17.9 Å². The molecule has 1 aromatic rings. The maximum atomic E-state index is 12.7. The standard InChI is InChI=1S/C15H20N2OS/c1-16-8-11-6-7-17(9-11)15(18)13-10-19-14-5-3-2-4-12(13)14/h2-5,11,13,16H,6-10H2,1H3. The Bertz CT molecular complexity index is 477. The fourth-order valence-corrected chi connectivity index (χ4v) is 4.30. The number of carbonyl (C=O) groups is 1. The van der Waals surface area contributed by atoms with Gasteiger partial charge in [-0.25, -0.2) is 0 Å². The van der Waals surface area contributed by atoms with Crippen LogP contribution in [-0.4, -0.2) is 43.2 Å². The average molecular weight is 276 g/mol. The smallest absolute Gasteiger partial charge is 0.231 e. The molecule has 2 atom stereocenters. The second kappa shape index (κ2) is 5.55. The molecule has 1 fully saturated rings. The van der Waals surface area contributed by atoms with Crippen LogP contribution in [0.4, 0.5) is 0 Å². The van der Waals surface area contributed by atoms with Gasteiger partial charge in [-0.3, -0.25) is 4.79 Å². The molecule has 3 nitrogen and oxygen atoms in total. The summed E-state index contributed by atoms with van der Waals surface area (Å²) in [7, 11) is 1.98. The van der Waals surface area contributed by atoms with Gasteiger partial charge in [0.2, 0.25) is 5.91 Å². The Morgan fingerprint density at radius 3 is 3.16 bits per heavy atom. The lowest BCUT2D eigenvalue weighted by Crippen LogP contribution is -2.34. The molecule has 1 saturated heterocycles. The van der Waals surface area contributed by atoms with E-state index in [9.17, 15) is 4.79 Å². The number of fused-ring (bicyclic) bond motifs is 1. The molecule has 4 heteroatoms. The van der Waals surface area contributed by atoms with E-state index < -0.39 is 0 Å². The van der Waals surface area contributed by atoms with E-state index in [-0.39, 0.29) is 5.92 Å². The first-order valence-electron chi connectivity index (χ1n) is 6.94. The van der Waals surface area contributed by atoms with Crippen LogP contribution in [0.15, 0.2) is 29.2 Å². The van der Waals surface area contributed by atoms with Crippen LogP contribution in [0.5, 0.6) is 0 Å². The third kappa shape index (κ3) is 2.51. The van der Waals surface area contributed by atoms with Gasteiger partial charge in [-0.05, 0) is 37.6 Å². The van der Waals surface area contributed by atoms with Gasteiger partial charge in [0.05, 0.1) is 5.92 Å². The third-order valence-electron chi connectivity index (χ3n) is 4.09. The molecule has 2 heterocycles. The molecule has 1 N–H and O–H groups in total. The molecule has 1 aromatic carbocycles. The predicted octanol–water partition coefficient (Wildman–Crippen LogP) is 1.94. The summed E-state index contributed by atoms with van der Waals surface area (Å²) in [6, 6.07) is 8.33. The molecule has 19 heavy (non-hydrogen) atoms. The fraction of sp³-hybridized carbons (Fsp3) is 0.533. The van der Waals surface area contributed by atoms with Crippen molar-refractivity contribution in [3.8, 4) is 0 Å². The number of nitrogens with zero attached hydrogens (tertiary/aromatic N) is 1. The summed E-state index contributed by atoms with van der Waals surface area (Å²) in [5, 5.41) is 3.21. The molecule has 3 rings (SSSR count). The maximum Gasteiger partial charge on any atom is 0.231 e. The van der Waals surface area contributed by atoms with Crippen molar-refractivity contribution >= 4 is 17.7 Å². The summed E-state index contributed by atoms with van der Waals surface area (Å²) in [6.45, 7) is 2.86. The molecule has 2 aliphatic heterocycles. The summed E-state index contributed by atoms with van der Waals surface area (Å²) in [6.07, 6.45) is 1.13. The highest BCUT2D eigenvalue weighted by Gasteiger charge is 2.35. The van der Waals surface area contributed by atoms with Crippen molar-refractivity contribution in [3.05, 3.63) is 29.8 Å². The Balaban J connectivity index is 1.69. The van der Waals surface area contributed by atoms with Crippen LogP contribution < -0.4 is 5.32 Å². The van der Waals surface area contributed by atoms with Gasteiger partial charge in [0.1, 0.15) is 0 Å². The molecule has 0 spiro atoms. The first kappa shape index (κ1) is 13.0. The maximum absolute atomic E-state index is 12.7. The number of hydrogen-bond acceptors (Lipinski definition) is 3. The lowest BCUT2D eigenvalue weighted by molar-refractivity contribution is -0.131. The molecule has 2 unspecified atom stereocenters. The van der Waals surface area contributed by atoms with Gasteiger partial charge in [0, 0.05) is 23.7 Å². The number of thioether (sulfide) groups is 1. The van der Waals surface area contributed by atoms with Gasteiger partial charge < -0.3 is 10.2 Å². The summed E-state index contributed by atoms with van der Waals surface area (Å²) in [5.41, 5.74) is 1.23. The summed E-state index contributed by atoms with van der Waals surface area (Å²) >= 11 is 1.81. The van der Waals surface area contributed by atoms with Crippen molar-refractivity contribution < 1.29 is 4.79 Å². The SMILES string of the molecule is CNCC1CCN(C(=O)C2CSc3ccccc32)C1. The van der Waals surface area contributed by atoms with Crippen LogP contribution in [-0.2, 0) is 4.79 Å². The van der Waals surface area contributed by atoms with Crippen LogP contribution in [0.3, 0.4) is 0 Å². The second-order valence-electron chi connectivity index (χ2n) is 5.40. The van der Waals surface area contributed by atoms with E-state index >= 15 is 0 Å². The van der Waals surface area contributed by atoms with Crippen molar-refractivity contribution in [1.29, 1.82) is 0 Å². The highest BCUT2D eigenvalue weighted by atomic mass is 32.2. The minimum absolute atomic E-state index is 0.0783. The zero-order valence-corrected chi connectivity index (χ0v) is 12.1. The normalized spacial score (nSPS) is 25.6. The molecule has 0 saturated carbocycles. The third-order valence-corrected chi connectivity index (χ3v) is 5.27. The first-order chi connectivity index (χ1) is 9.29. The van der Waals surface area contributed by atoms with Gasteiger partial charge in [-0.15, -0.1) is 11.8 Å². The van der Waals surface area contributed by atoms with Crippen molar-refractivity contribution in [2.45, 2.75) is 17.2 Å². The Morgan fingerprint density at radius 2 is 2.32 bits per heavy atom. The van der Waals surface area contributed by atoms with Crippen LogP contribution >= 0.6 is 11.8 Å². The molecule has 0 aliphatic carbocycles. The van der Waals surface area contributed by atoms with Crippen molar-refractivity contribution in [1.82, 2.24) is 10.2 Å². The highest BCUT2D eigenvalue weighted by Crippen LogP contribution is 2.40. The Morgan fingerprint density at radius 1 is 1.47 bits per heavy atom. The molecule has 0 bridgehead atoms. The minimum Gasteiger partial charge on any atom is -0.342 e. The molecular weight excluding hydrogens is 256 g/mol. The number of nitrogens with one attached hydrogen (secondary N) is 1. The monoisotopic (exact) mass is 276 g/mol. The number of hydrogen-bond donors (Lipinski definition) is 1. The zero-order chi connectivity index (χ0) is 13.2. The number of carbonyl (C=O) groups excluding carboxylic acids is 1. The number of benzene rings is 1.